The average molecular weight is 281 g/mol. The number of rotatable bonds is 2. The predicted octanol–water partition coefficient (Wildman–Crippen LogP) is 3.29. The van der Waals surface area contributed by atoms with Gasteiger partial charge in [-0.15, -0.1) is 12.4 Å². The highest BCUT2D eigenvalue weighted by molar-refractivity contribution is 9.10. The van der Waals surface area contributed by atoms with Gasteiger partial charge < -0.3 is 10.8 Å². The largest absolute Gasteiger partial charge is 0.507 e. The van der Waals surface area contributed by atoms with Crippen LogP contribution in [0.5, 0.6) is 5.75 Å². The van der Waals surface area contributed by atoms with E-state index in [9.17, 15) is 5.11 Å². The highest BCUT2D eigenvalue weighted by atomic mass is 79.9. The highest BCUT2D eigenvalue weighted by Crippen LogP contribution is 2.31. The van der Waals surface area contributed by atoms with Crippen molar-refractivity contribution in [3.63, 3.8) is 0 Å². The first-order valence-corrected chi connectivity index (χ1v) is 5.10. The second-order valence-electron chi connectivity index (χ2n) is 3.18. The number of phenols is 1. The fraction of sp³-hybridized carbons (Fsp3) is 0.400. The average Bonchev–Trinajstić information content (AvgIpc) is 2.10. The Hall–Kier alpha value is -0.250. The molecule has 0 unspecified atom stereocenters. The summed E-state index contributed by atoms with van der Waals surface area (Å²) < 4.78 is 0.960. The van der Waals surface area contributed by atoms with Crippen LogP contribution in [0.2, 0.25) is 0 Å². The molecule has 1 rings (SSSR count). The SMILES string of the molecule is CC[C@H](N)c1cc(Br)cc(C)c1O.Cl. The van der Waals surface area contributed by atoms with Crippen molar-refractivity contribution in [1.82, 2.24) is 0 Å². The van der Waals surface area contributed by atoms with E-state index in [0.717, 1.165) is 22.0 Å². The molecule has 0 radical (unpaired) electrons. The second kappa shape index (κ2) is 5.59. The summed E-state index contributed by atoms with van der Waals surface area (Å²) in [5.74, 6) is 0.317. The third-order valence-electron chi connectivity index (χ3n) is 2.13. The Balaban J connectivity index is 0.00000169. The molecule has 0 aliphatic rings. The van der Waals surface area contributed by atoms with Crippen molar-refractivity contribution in [2.24, 2.45) is 5.73 Å². The number of nitrogens with two attached hydrogens (primary N) is 1. The van der Waals surface area contributed by atoms with Gasteiger partial charge in [-0.2, -0.15) is 0 Å². The summed E-state index contributed by atoms with van der Waals surface area (Å²) in [7, 11) is 0. The third-order valence-corrected chi connectivity index (χ3v) is 2.59. The molecule has 0 aliphatic carbocycles. The van der Waals surface area contributed by atoms with Crippen molar-refractivity contribution in [1.29, 1.82) is 0 Å². The van der Waals surface area contributed by atoms with Gasteiger partial charge >= 0.3 is 0 Å². The van der Waals surface area contributed by atoms with Crippen LogP contribution in [0.4, 0.5) is 0 Å². The number of aryl methyl sites for hydroxylation is 1. The minimum Gasteiger partial charge on any atom is -0.507 e. The molecular weight excluding hydrogens is 265 g/mol. The van der Waals surface area contributed by atoms with Crippen LogP contribution in [-0.2, 0) is 0 Å². The normalized spacial score (nSPS) is 12.0. The monoisotopic (exact) mass is 279 g/mol. The summed E-state index contributed by atoms with van der Waals surface area (Å²) in [6, 6.07) is 3.66. The molecule has 80 valence electrons. The molecule has 2 nitrogen and oxygen atoms in total. The van der Waals surface area contributed by atoms with Gasteiger partial charge in [-0.3, -0.25) is 0 Å². The zero-order valence-electron chi connectivity index (χ0n) is 8.25. The molecule has 0 spiro atoms. The van der Waals surface area contributed by atoms with Crippen LogP contribution < -0.4 is 5.73 Å². The first-order chi connectivity index (χ1) is 6.06. The van der Waals surface area contributed by atoms with E-state index >= 15 is 0 Å². The van der Waals surface area contributed by atoms with Gasteiger partial charge in [-0.1, -0.05) is 22.9 Å². The van der Waals surface area contributed by atoms with Crippen molar-refractivity contribution >= 4 is 28.3 Å². The first-order valence-electron chi connectivity index (χ1n) is 4.30. The van der Waals surface area contributed by atoms with E-state index in [-0.39, 0.29) is 18.4 Å². The van der Waals surface area contributed by atoms with Gasteiger partial charge in [0.1, 0.15) is 5.75 Å². The number of aromatic hydroxyl groups is 1. The first kappa shape index (κ1) is 13.8. The smallest absolute Gasteiger partial charge is 0.123 e. The Labute approximate surface area is 99.0 Å². The van der Waals surface area contributed by atoms with Gasteiger partial charge in [0.05, 0.1) is 0 Å². The van der Waals surface area contributed by atoms with Crippen molar-refractivity contribution in [2.45, 2.75) is 26.3 Å². The Morgan fingerprint density at radius 3 is 2.57 bits per heavy atom. The number of halogens is 2. The molecular formula is C10H15BrClNO. The van der Waals surface area contributed by atoms with Gasteiger partial charge in [-0.25, -0.2) is 0 Å². The van der Waals surface area contributed by atoms with Gasteiger partial charge in [0, 0.05) is 16.1 Å². The van der Waals surface area contributed by atoms with Crippen LogP contribution >= 0.6 is 28.3 Å². The summed E-state index contributed by atoms with van der Waals surface area (Å²) >= 11 is 3.38. The molecule has 1 atom stereocenters. The van der Waals surface area contributed by atoms with Crippen molar-refractivity contribution in [3.05, 3.63) is 27.7 Å². The summed E-state index contributed by atoms with van der Waals surface area (Å²) in [5.41, 5.74) is 7.52. The standard InChI is InChI=1S/C10H14BrNO.ClH/c1-3-9(12)8-5-7(11)4-6(2)10(8)13;/h4-5,9,13H,3,12H2,1-2H3;1H/t9-;/m0./s1. The molecule has 0 saturated heterocycles. The van der Waals surface area contributed by atoms with Crippen molar-refractivity contribution in [2.75, 3.05) is 0 Å². The van der Waals surface area contributed by atoms with Crippen LogP contribution in [0.15, 0.2) is 16.6 Å². The minimum absolute atomic E-state index is 0. The Morgan fingerprint density at radius 1 is 1.50 bits per heavy atom. The maximum atomic E-state index is 9.72. The molecule has 0 heterocycles. The summed E-state index contributed by atoms with van der Waals surface area (Å²) in [4.78, 5) is 0. The molecule has 0 fully saturated rings. The minimum atomic E-state index is -0.0869. The van der Waals surface area contributed by atoms with Crippen LogP contribution in [0.1, 0.15) is 30.5 Å². The summed E-state index contributed by atoms with van der Waals surface area (Å²) in [6.07, 6.45) is 0.823. The number of hydrogen-bond acceptors (Lipinski definition) is 2. The van der Waals surface area contributed by atoms with E-state index in [1.54, 1.807) is 0 Å². The molecule has 0 aromatic heterocycles. The lowest BCUT2D eigenvalue weighted by atomic mass is 10.0. The maximum Gasteiger partial charge on any atom is 0.123 e. The summed E-state index contributed by atoms with van der Waals surface area (Å²) in [5, 5.41) is 9.72. The molecule has 0 bridgehead atoms. The zero-order valence-corrected chi connectivity index (χ0v) is 10.7. The molecule has 3 N–H and O–H groups in total. The van der Waals surface area contributed by atoms with Crippen LogP contribution in [-0.4, -0.2) is 5.11 Å². The Morgan fingerprint density at radius 2 is 2.07 bits per heavy atom. The van der Waals surface area contributed by atoms with Gasteiger partial charge in [0.15, 0.2) is 0 Å². The van der Waals surface area contributed by atoms with Crippen molar-refractivity contribution in [3.8, 4) is 5.75 Å². The number of benzene rings is 1. The fourth-order valence-electron chi connectivity index (χ4n) is 1.26. The number of phenolic OH excluding ortho intramolecular Hbond substituents is 1. The molecule has 0 amide bonds. The van der Waals surface area contributed by atoms with Gasteiger partial charge in [0.2, 0.25) is 0 Å². The lowest BCUT2D eigenvalue weighted by Crippen LogP contribution is -2.09. The van der Waals surface area contributed by atoms with Gasteiger partial charge in [-0.05, 0) is 31.0 Å². The van der Waals surface area contributed by atoms with Gasteiger partial charge in [0.25, 0.3) is 0 Å². The van der Waals surface area contributed by atoms with Crippen LogP contribution in [0, 0.1) is 6.92 Å². The van der Waals surface area contributed by atoms with Crippen LogP contribution in [0.3, 0.4) is 0 Å². The topological polar surface area (TPSA) is 46.2 Å². The molecule has 1 aromatic carbocycles. The number of hydrogen-bond donors (Lipinski definition) is 2. The summed E-state index contributed by atoms with van der Waals surface area (Å²) in [6.45, 7) is 3.87. The predicted molar refractivity (Wildman–Crippen MR) is 65.0 cm³/mol. The third kappa shape index (κ3) is 2.87. The van der Waals surface area contributed by atoms with Crippen LogP contribution in [0.25, 0.3) is 0 Å². The quantitative estimate of drug-likeness (QED) is 0.873. The Kier molecular flexibility index (Phi) is 5.49. The van der Waals surface area contributed by atoms with E-state index in [2.05, 4.69) is 15.9 Å². The lowest BCUT2D eigenvalue weighted by molar-refractivity contribution is 0.456. The molecule has 14 heavy (non-hydrogen) atoms. The maximum absolute atomic E-state index is 9.72. The Bertz CT molecular complexity index is 317. The van der Waals surface area contributed by atoms with E-state index in [1.165, 1.54) is 0 Å². The molecule has 0 saturated carbocycles. The van der Waals surface area contributed by atoms with E-state index in [4.69, 9.17) is 5.73 Å². The molecule has 1 aromatic rings. The lowest BCUT2D eigenvalue weighted by Gasteiger charge is -2.13. The molecule has 0 aliphatic heterocycles. The van der Waals surface area contributed by atoms with E-state index < -0.39 is 0 Å². The van der Waals surface area contributed by atoms with Crippen molar-refractivity contribution < 1.29 is 5.11 Å². The zero-order chi connectivity index (χ0) is 10.0. The second-order valence-corrected chi connectivity index (χ2v) is 4.09. The van der Waals surface area contributed by atoms with E-state index in [1.807, 2.05) is 26.0 Å². The highest BCUT2D eigenvalue weighted by Gasteiger charge is 2.11. The van der Waals surface area contributed by atoms with E-state index in [0.29, 0.717) is 5.75 Å². The molecule has 4 heteroatoms. The fourth-order valence-corrected chi connectivity index (χ4v) is 1.85.